The molecule has 3 aromatic rings. The second-order valence-electron chi connectivity index (χ2n) is 8.11. The van der Waals surface area contributed by atoms with Crippen molar-refractivity contribution in [3.8, 4) is 17.0 Å². The number of hydrogen-bond acceptors (Lipinski definition) is 5. The maximum Gasteiger partial charge on any atom is 0.287 e. The fourth-order valence-corrected chi connectivity index (χ4v) is 3.81. The lowest BCUT2D eigenvalue weighted by molar-refractivity contribution is -0.164. The van der Waals surface area contributed by atoms with E-state index in [1.807, 2.05) is 24.3 Å². The molecular weight excluding hydrogens is 428 g/mol. The highest BCUT2D eigenvalue weighted by Gasteiger charge is 2.51. The van der Waals surface area contributed by atoms with Gasteiger partial charge < -0.3 is 9.84 Å². The highest BCUT2D eigenvalue weighted by atomic mass is 19.3. The minimum atomic E-state index is -3.17. The standard InChI is InChI=1S/C25H25F2N3O3/c1-3-4-13-33-18-11-9-17(10-12-18)22-14-20(19-7-5-6-8-21(19)28-22)23(31)30-25(32,24(26)27)15-16(2)29-30/h5-12,14,24,32H,3-4,13,15H2,1-2H3. The molecule has 1 aliphatic rings. The van der Waals surface area contributed by atoms with Gasteiger partial charge in [-0.25, -0.2) is 13.8 Å². The zero-order chi connectivity index (χ0) is 23.6. The average molecular weight is 453 g/mol. The lowest BCUT2D eigenvalue weighted by Crippen LogP contribution is -2.51. The van der Waals surface area contributed by atoms with Crippen molar-refractivity contribution in [2.75, 3.05) is 6.61 Å². The normalized spacial score (nSPS) is 18.1. The molecule has 2 aromatic carbocycles. The molecule has 0 spiro atoms. The SMILES string of the molecule is CCCCOc1ccc(-c2cc(C(=O)N3N=C(C)CC3(O)C(F)F)c3ccccc3n2)cc1. The zero-order valence-electron chi connectivity index (χ0n) is 18.5. The van der Waals surface area contributed by atoms with Crippen molar-refractivity contribution in [2.45, 2.75) is 45.3 Å². The molecule has 0 saturated heterocycles. The third-order valence-corrected chi connectivity index (χ3v) is 5.56. The topological polar surface area (TPSA) is 75.0 Å². The third kappa shape index (κ3) is 4.43. The van der Waals surface area contributed by atoms with Crippen molar-refractivity contribution in [1.82, 2.24) is 9.99 Å². The number of benzene rings is 2. The molecule has 33 heavy (non-hydrogen) atoms. The fraction of sp³-hybridized carbons (Fsp3) is 0.320. The summed E-state index contributed by atoms with van der Waals surface area (Å²) < 4.78 is 33.1. The van der Waals surface area contributed by atoms with Crippen LogP contribution in [0.1, 0.15) is 43.5 Å². The van der Waals surface area contributed by atoms with Gasteiger partial charge in [0.05, 0.1) is 23.4 Å². The van der Waals surface area contributed by atoms with Gasteiger partial charge in [-0.2, -0.15) is 10.1 Å². The Morgan fingerprint density at radius 1 is 1.21 bits per heavy atom. The van der Waals surface area contributed by atoms with Gasteiger partial charge in [0.2, 0.25) is 5.72 Å². The summed E-state index contributed by atoms with van der Waals surface area (Å²) in [7, 11) is 0. The van der Waals surface area contributed by atoms with Crippen molar-refractivity contribution in [3.63, 3.8) is 0 Å². The predicted octanol–water partition coefficient (Wildman–Crippen LogP) is 5.26. The number of rotatable bonds is 7. The van der Waals surface area contributed by atoms with Crippen LogP contribution in [0.25, 0.3) is 22.2 Å². The van der Waals surface area contributed by atoms with Crippen LogP contribution in [0.15, 0.2) is 59.7 Å². The summed E-state index contributed by atoms with van der Waals surface area (Å²) >= 11 is 0. The predicted molar refractivity (Wildman–Crippen MR) is 122 cm³/mol. The Balaban J connectivity index is 1.74. The van der Waals surface area contributed by atoms with Crippen molar-refractivity contribution < 1.29 is 23.4 Å². The van der Waals surface area contributed by atoms with Gasteiger partial charge in [0, 0.05) is 23.1 Å². The first kappa shape index (κ1) is 22.8. The molecule has 1 unspecified atom stereocenters. The van der Waals surface area contributed by atoms with Crippen LogP contribution in [0.4, 0.5) is 8.78 Å². The van der Waals surface area contributed by atoms with Gasteiger partial charge in [0.25, 0.3) is 12.3 Å². The van der Waals surface area contributed by atoms with Crippen LogP contribution in [0.2, 0.25) is 0 Å². The number of hydrazone groups is 1. The minimum Gasteiger partial charge on any atom is -0.494 e. The van der Waals surface area contributed by atoms with E-state index >= 15 is 0 Å². The molecule has 4 rings (SSSR count). The van der Waals surface area contributed by atoms with Crippen LogP contribution in [-0.4, -0.2) is 45.5 Å². The molecule has 1 aliphatic heterocycles. The molecular formula is C25H25F2N3O3. The van der Waals surface area contributed by atoms with Gasteiger partial charge in [0.15, 0.2) is 0 Å². The molecule has 2 heterocycles. The Hall–Kier alpha value is -3.39. The van der Waals surface area contributed by atoms with Gasteiger partial charge in [-0.05, 0) is 49.7 Å². The van der Waals surface area contributed by atoms with E-state index in [4.69, 9.17) is 4.74 Å². The van der Waals surface area contributed by atoms with E-state index in [0.717, 1.165) is 24.2 Å². The Morgan fingerprint density at radius 2 is 1.94 bits per heavy atom. The molecule has 0 radical (unpaired) electrons. The smallest absolute Gasteiger partial charge is 0.287 e. The van der Waals surface area contributed by atoms with Gasteiger partial charge in [-0.3, -0.25) is 4.79 Å². The number of amides is 1. The summed E-state index contributed by atoms with van der Waals surface area (Å²) in [6.45, 7) is 4.22. The highest BCUT2D eigenvalue weighted by Crippen LogP contribution is 2.35. The molecule has 8 heteroatoms. The molecule has 6 nitrogen and oxygen atoms in total. The van der Waals surface area contributed by atoms with Gasteiger partial charge >= 0.3 is 0 Å². The Bertz CT molecular complexity index is 1200. The van der Waals surface area contributed by atoms with E-state index < -0.39 is 24.5 Å². The molecule has 0 bridgehead atoms. The number of carbonyl (C=O) groups excluding carboxylic acids is 1. The molecule has 1 atom stereocenters. The number of aromatic nitrogens is 1. The van der Waals surface area contributed by atoms with Crippen LogP contribution in [0.5, 0.6) is 5.75 Å². The zero-order valence-corrected chi connectivity index (χ0v) is 18.5. The lowest BCUT2D eigenvalue weighted by Gasteiger charge is -2.30. The average Bonchev–Trinajstić information content (AvgIpc) is 3.14. The number of unbranched alkanes of at least 4 members (excludes halogenated alkanes) is 1. The Labute approximate surface area is 190 Å². The molecule has 1 aromatic heterocycles. The van der Waals surface area contributed by atoms with Crippen LogP contribution < -0.4 is 4.74 Å². The van der Waals surface area contributed by atoms with E-state index in [-0.39, 0.29) is 11.3 Å². The van der Waals surface area contributed by atoms with Crippen LogP contribution in [-0.2, 0) is 0 Å². The fourth-order valence-electron chi connectivity index (χ4n) is 3.81. The second kappa shape index (κ2) is 9.23. The summed E-state index contributed by atoms with van der Waals surface area (Å²) in [5.41, 5.74) is -0.522. The summed E-state index contributed by atoms with van der Waals surface area (Å²) in [5.74, 6) is -0.0813. The molecule has 1 amide bonds. The number of halogens is 2. The highest BCUT2D eigenvalue weighted by molar-refractivity contribution is 6.08. The number of para-hydroxylation sites is 1. The Kier molecular flexibility index (Phi) is 6.37. The van der Waals surface area contributed by atoms with E-state index in [1.54, 1.807) is 30.3 Å². The molecule has 172 valence electrons. The maximum absolute atomic E-state index is 13.7. The van der Waals surface area contributed by atoms with Crippen LogP contribution >= 0.6 is 0 Å². The number of alkyl halides is 2. The van der Waals surface area contributed by atoms with Crippen molar-refractivity contribution >= 4 is 22.5 Å². The number of nitrogens with zero attached hydrogens (tertiary/aromatic N) is 3. The second-order valence-corrected chi connectivity index (χ2v) is 8.11. The molecule has 0 saturated carbocycles. The van der Waals surface area contributed by atoms with Crippen LogP contribution in [0, 0.1) is 0 Å². The number of pyridine rings is 1. The molecule has 0 aliphatic carbocycles. The van der Waals surface area contributed by atoms with Crippen molar-refractivity contribution in [2.24, 2.45) is 5.10 Å². The molecule has 0 fully saturated rings. The number of ether oxygens (including phenoxy) is 1. The van der Waals surface area contributed by atoms with Crippen LogP contribution in [0.3, 0.4) is 0 Å². The first-order valence-corrected chi connectivity index (χ1v) is 10.9. The van der Waals surface area contributed by atoms with Gasteiger partial charge in [-0.1, -0.05) is 31.5 Å². The monoisotopic (exact) mass is 453 g/mol. The molecule has 1 N–H and O–H groups in total. The number of aliphatic hydroxyl groups is 1. The third-order valence-electron chi connectivity index (χ3n) is 5.56. The van der Waals surface area contributed by atoms with E-state index in [1.165, 1.54) is 6.92 Å². The summed E-state index contributed by atoms with van der Waals surface area (Å²) in [6, 6.07) is 15.8. The van der Waals surface area contributed by atoms with E-state index in [2.05, 4.69) is 17.0 Å². The van der Waals surface area contributed by atoms with E-state index in [0.29, 0.717) is 28.2 Å². The number of fused-ring (bicyclic) bond motifs is 1. The maximum atomic E-state index is 13.7. The van der Waals surface area contributed by atoms with Crippen molar-refractivity contribution in [1.29, 1.82) is 0 Å². The summed E-state index contributed by atoms with van der Waals surface area (Å²) in [4.78, 5) is 18.0. The first-order chi connectivity index (χ1) is 15.8. The first-order valence-electron chi connectivity index (χ1n) is 10.9. The van der Waals surface area contributed by atoms with Gasteiger partial charge in [-0.15, -0.1) is 0 Å². The van der Waals surface area contributed by atoms with Gasteiger partial charge in [0.1, 0.15) is 5.75 Å². The Morgan fingerprint density at radius 3 is 2.64 bits per heavy atom. The van der Waals surface area contributed by atoms with Crippen molar-refractivity contribution in [3.05, 3.63) is 60.2 Å². The van der Waals surface area contributed by atoms with E-state index in [9.17, 15) is 18.7 Å². The lowest BCUT2D eigenvalue weighted by atomic mass is 10.0. The summed E-state index contributed by atoms with van der Waals surface area (Å²) in [5, 5.41) is 15.4. The quantitative estimate of drug-likeness (QED) is 0.496. The summed E-state index contributed by atoms with van der Waals surface area (Å²) in [6.07, 6.45) is -1.58. The number of hydrogen-bond donors (Lipinski definition) is 1. The number of carbonyl (C=O) groups is 1. The largest absolute Gasteiger partial charge is 0.494 e. The minimum absolute atomic E-state index is 0.136.